The monoisotopic (exact) mass is 488 g/mol. The normalized spacial score (nSPS) is 13.6. The van der Waals surface area contributed by atoms with Crippen molar-refractivity contribution in [2.45, 2.75) is 26.9 Å². The molecule has 2 aromatic carbocycles. The zero-order valence-corrected chi connectivity index (χ0v) is 20.4. The Morgan fingerprint density at radius 1 is 1.24 bits per heavy atom. The van der Waals surface area contributed by atoms with Gasteiger partial charge in [-0.25, -0.2) is 23.4 Å². The third-order valence-electron chi connectivity index (χ3n) is 4.68. The van der Waals surface area contributed by atoms with Crippen LogP contribution in [0.4, 0.5) is 26.4 Å². The first-order valence-electron chi connectivity index (χ1n) is 10.7. The second kappa shape index (κ2) is 10.6. The number of aryl methyl sites for hydroxylation is 1. The molecule has 0 fully saturated rings. The Kier molecular flexibility index (Phi) is 7.77. The molecule has 0 aliphatic rings. The molecule has 1 unspecified atom stereocenters. The maximum Gasteiger partial charge on any atom is 0.314 e. The standard InChI is InChI=1S/C23H29FN6O3S/c1-6-25-23(31)26-12-15(3)33-20-10-16(24)7-8-18(20)29-22-21-14(2)9-17(30-34(4,5)32)11-19(21)27-13-28-22/h7-11,13,15H,4,6,12H2,1-3,5H3,(H,30,32)(H2,25,26,31)(H,27,28,29)/t15-,34?/m1/s1. The highest BCUT2D eigenvalue weighted by Crippen LogP contribution is 2.33. The number of hydrogen-bond donors (Lipinski definition) is 4. The fourth-order valence-corrected chi connectivity index (χ4v) is 3.95. The number of hydrogen-bond acceptors (Lipinski definition) is 6. The number of urea groups is 1. The summed E-state index contributed by atoms with van der Waals surface area (Å²) in [5.41, 5.74) is 2.61. The van der Waals surface area contributed by atoms with Crippen molar-refractivity contribution >= 4 is 49.7 Å². The number of fused-ring (bicyclic) bond motifs is 1. The molecule has 2 amide bonds. The number of nitrogens with zero attached hydrogens (tertiary/aromatic N) is 2. The Bertz CT molecular complexity index is 1300. The third kappa shape index (κ3) is 6.70. The quantitative estimate of drug-likeness (QED) is 0.342. The van der Waals surface area contributed by atoms with Crippen molar-refractivity contribution in [3.05, 3.63) is 48.0 Å². The molecule has 0 aliphatic carbocycles. The van der Waals surface area contributed by atoms with E-state index < -0.39 is 21.6 Å². The van der Waals surface area contributed by atoms with E-state index in [-0.39, 0.29) is 18.3 Å². The van der Waals surface area contributed by atoms with Gasteiger partial charge in [-0.2, -0.15) is 0 Å². The fourth-order valence-electron chi connectivity index (χ4n) is 3.34. The number of nitrogens with one attached hydrogen (secondary N) is 4. The summed E-state index contributed by atoms with van der Waals surface area (Å²) in [5.74, 6) is 3.94. The Hall–Kier alpha value is -3.60. The minimum Gasteiger partial charge on any atom is -0.487 e. The molecule has 0 aliphatic heterocycles. The highest BCUT2D eigenvalue weighted by Gasteiger charge is 2.15. The van der Waals surface area contributed by atoms with Crippen molar-refractivity contribution < 1.29 is 18.1 Å². The van der Waals surface area contributed by atoms with Gasteiger partial charge in [0.2, 0.25) is 0 Å². The van der Waals surface area contributed by atoms with E-state index in [4.69, 9.17) is 4.74 Å². The summed E-state index contributed by atoms with van der Waals surface area (Å²) in [6.07, 6.45) is 2.50. The van der Waals surface area contributed by atoms with Crippen LogP contribution in [0.1, 0.15) is 19.4 Å². The average Bonchev–Trinajstić information content (AvgIpc) is 2.73. The predicted octanol–water partition coefficient (Wildman–Crippen LogP) is 3.58. The number of carbonyl (C=O) groups is 1. The molecule has 4 N–H and O–H groups in total. The number of benzene rings is 2. The predicted molar refractivity (Wildman–Crippen MR) is 136 cm³/mol. The number of ether oxygens (including phenoxy) is 1. The summed E-state index contributed by atoms with van der Waals surface area (Å²) in [6.45, 7) is 6.23. The minimum absolute atomic E-state index is 0.236. The van der Waals surface area contributed by atoms with Gasteiger partial charge in [-0.1, -0.05) is 0 Å². The Balaban J connectivity index is 1.88. The molecule has 2 atom stereocenters. The van der Waals surface area contributed by atoms with Gasteiger partial charge in [-0.3, -0.25) is 0 Å². The van der Waals surface area contributed by atoms with Crippen LogP contribution >= 0.6 is 0 Å². The van der Waals surface area contributed by atoms with Crippen LogP contribution in [0.15, 0.2) is 36.7 Å². The third-order valence-corrected chi connectivity index (χ3v) is 5.35. The van der Waals surface area contributed by atoms with E-state index in [0.717, 1.165) is 10.9 Å². The van der Waals surface area contributed by atoms with Gasteiger partial charge in [-0.05, 0) is 56.5 Å². The molecular weight excluding hydrogens is 459 g/mol. The van der Waals surface area contributed by atoms with E-state index in [2.05, 4.69) is 36.5 Å². The second-order valence-electron chi connectivity index (χ2n) is 7.95. The molecule has 11 heteroatoms. The van der Waals surface area contributed by atoms with Crippen LogP contribution in [-0.2, 0) is 9.71 Å². The first-order chi connectivity index (χ1) is 16.1. The first-order valence-corrected chi connectivity index (χ1v) is 12.8. The second-order valence-corrected chi connectivity index (χ2v) is 10.2. The molecule has 9 nitrogen and oxygen atoms in total. The van der Waals surface area contributed by atoms with Gasteiger partial charge in [0.15, 0.2) is 0 Å². The average molecular weight is 489 g/mol. The van der Waals surface area contributed by atoms with Crippen LogP contribution in [0.2, 0.25) is 0 Å². The Labute approximate surface area is 198 Å². The molecule has 3 aromatic rings. The molecular formula is C23H29FN6O3S. The SMILES string of the molecule is C=S(C)(=O)Nc1cc(C)c2c(Nc3ccc(F)cc3O[C@H](C)CNC(=O)NCC)ncnc2c1. The lowest BCUT2D eigenvalue weighted by atomic mass is 10.1. The minimum atomic E-state index is -2.45. The number of halogens is 1. The molecule has 0 saturated carbocycles. The largest absolute Gasteiger partial charge is 0.487 e. The van der Waals surface area contributed by atoms with Gasteiger partial charge in [0.05, 0.1) is 17.7 Å². The number of aromatic nitrogens is 2. The summed E-state index contributed by atoms with van der Waals surface area (Å²) in [4.78, 5) is 20.3. The van der Waals surface area contributed by atoms with Crippen molar-refractivity contribution in [2.24, 2.45) is 0 Å². The number of anilines is 3. The molecule has 34 heavy (non-hydrogen) atoms. The fraction of sp³-hybridized carbons (Fsp3) is 0.304. The van der Waals surface area contributed by atoms with Gasteiger partial charge in [0.1, 0.15) is 29.8 Å². The highest BCUT2D eigenvalue weighted by molar-refractivity contribution is 8.00. The Morgan fingerprint density at radius 2 is 2.00 bits per heavy atom. The molecule has 0 bridgehead atoms. The molecule has 0 saturated heterocycles. The Morgan fingerprint density at radius 3 is 2.71 bits per heavy atom. The topological polar surface area (TPSA) is 117 Å². The van der Waals surface area contributed by atoms with Gasteiger partial charge in [0.25, 0.3) is 0 Å². The van der Waals surface area contributed by atoms with Crippen LogP contribution in [0.25, 0.3) is 10.9 Å². The van der Waals surface area contributed by atoms with E-state index in [0.29, 0.717) is 29.3 Å². The number of rotatable bonds is 9. The van der Waals surface area contributed by atoms with E-state index in [1.165, 1.54) is 24.7 Å². The summed E-state index contributed by atoms with van der Waals surface area (Å²) < 4.78 is 34.8. The summed E-state index contributed by atoms with van der Waals surface area (Å²) in [5, 5.41) is 9.30. The summed E-state index contributed by atoms with van der Waals surface area (Å²) in [7, 11) is -2.45. The molecule has 182 valence electrons. The summed E-state index contributed by atoms with van der Waals surface area (Å²) in [6, 6.07) is 7.45. The van der Waals surface area contributed by atoms with Crippen molar-refractivity contribution in [2.75, 3.05) is 29.4 Å². The van der Waals surface area contributed by atoms with Crippen molar-refractivity contribution in [1.82, 2.24) is 20.6 Å². The number of carbonyl (C=O) groups excluding carboxylic acids is 1. The van der Waals surface area contributed by atoms with Gasteiger partial charge >= 0.3 is 6.03 Å². The van der Waals surface area contributed by atoms with Crippen molar-refractivity contribution in [1.29, 1.82) is 0 Å². The smallest absolute Gasteiger partial charge is 0.314 e. The van der Waals surface area contributed by atoms with E-state index in [1.54, 1.807) is 19.1 Å². The van der Waals surface area contributed by atoms with Gasteiger partial charge in [-0.15, -0.1) is 0 Å². The van der Waals surface area contributed by atoms with E-state index in [9.17, 15) is 13.4 Å². The van der Waals surface area contributed by atoms with Crippen molar-refractivity contribution in [3.63, 3.8) is 0 Å². The zero-order valence-electron chi connectivity index (χ0n) is 19.6. The molecule has 0 radical (unpaired) electrons. The maximum absolute atomic E-state index is 14.0. The van der Waals surface area contributed by atoms with Crippen LogP contribution in [0, 0.1) is 12.7 Å². The molecule has 1 heterocycles. The van der Waals surface area contributed by atoms with Crippen LogP contribution in [-0.4, -0.2) is 51.5 Å². The molecule has 0 spiro atoms. The summed E-state index contributed by atoms with van der Waals surface area (Å²) >= 11 is 0. The highest BCUT2D eigenvalue weighted by atomic mass is 32.2. The lowest BCUT2D eigenvalue weighted by Crippen LogP contribution is -2.40. The van der Waals surface area contributed by atoms with Crippen LogP contribution in [0.3, 0.4) is 0 Å². The van der Waals surface area contributed by atoms with E-state index >= 15 is 0 Å². The first kappa shape index (κ1) is 25.0. The maximum atomic E-state index is 14.0. The molecule has 1 aromatic heterocycles. The van der Waals surface area contributed by atoms with E-state index in [1.807, 2.05) is 19.9 Å². The lowest BCUT2D eigenvalue weighted by Gasteiger charge is -2.19. The number of amides is 2. The zero-order chi connectivity index (χ0) is 24.9. The van der Waals surface area contributed by atoms with Crippen LogP contribution < -0.4 is 25.4 Å². The van der Waals surface area contributed by atoms with Gasteiger partial charge in [0, 0.05) is 39.6 Å². The van der Waals surface area contributed by atoms with Crippen LogP contribution in [0.5, 0.6) is 5.75 Å². The molecule has 3 rings (SSSR count). The van der Waals surface area contributed by atoms with Crippen molar-refractivity contribution in [3.8, 4) is 5.75 Å². The lowest BCUT2D eigenvalue weighted by molar-refractivity contribution is 0.208. The van der Waals surface area contributed by atoms with Gasteiger partial charge < -0.3 is 25.4 Å².